The molecule has 1 aliphatic heterocycles. The minimum absolute atomic E-state index is 0.0922. The number of aromatic nitrogens is 1. The molecule has 0 amide bonds. The lowest BCUT2D eigenvalue weighted by Crippen LogP contribution is -2.24. The van der Waals surface area contributed by atoms with Gasteiger partial charge in [-0.15, -0.1) is 0 Å². The second-order valence-electron chi connectivity index (χ2n) is 4.81. The van der Waals surface area contributed by atoms with Gasteiger partial charge >= 0.3 is 0 Å². The van der Waals surface area contributed by atoms with Gasteiger partial charge in [0, 0.05) is 29.7 Å². The van der Waals surface area contributed by atoms with Crippen LogP contribution in [0.3, 0.4) is 0 Å². The van der Waals surface area contributed by atoms with Gasteiger partial charge in [-0.2, -0.15) is 0 Å². The largest absolute Gasteiger partial charge is 0.393 e. The number of hydrogen-bond donors (Lipinski definition) is 1. The average molecular weight is 283 g/mol. The Morgan fingerprint density at radius 2 is 2.19 bits per heavy atom. The fourth-order valence-electron chi connectivity index (χ4n) is 2.98. The SMILES string of the molecule is OC1CCC2CN(c3ccc(Br)cn3)CC12. The monoisotopic (exact) mass is 282 g/mol. The van der Waals surface area contributed by atoms with Gasteiger partial charge in [-0.25, -0.2) is 4.98 Å². The van der Waals surface area contributed by atoms with Crippen molar-refractivity contribution in [3.63, 3.8) is 0 Å². The van der Waals surface area contributed by atoms with Crippen LogP contribution in [-0.4, -0.2) is 29.3 Å². The molecule has 0 bridgehead atoms. The number of rotatable bonds is 1. The second-order valence-corrected chi connectivity index (χ2v) is 5.72. The van der Waals surface area contributed by atoms with Crippen molar-refractivity contribution in [2.75, 3.05) is 18.0 Å². The molecule has 3 atom stereocenters. The average Bonchev–Trinajstić information content (AvgIpc) is 2.83. The Balaban J connectivity index is 1.76. The number of pyridine rings is 1. The molecular weight excluding hydrogens is 268 g/mol. The lowest BCUT2D eigenvalue weighted by molar-refractivity contribution is 0.133. The molecule has 3 unspecified atom stereocenters. The minimum Gasteiger partial charge on any atom is -0.393 e. The van der Waals surface area contributed by atoms with Crippen molar-refractivity contribution in [1.82, 2.24) is 4.98 Å². The van der Waals surface area contributed by atoms with Gasteiger partial charge in [-0.05, 0) is 46.8 Å². The molecule has 1 aromatic heterocycles. The Labute approximate surface area is 104 Å². The first kappa shape index (κ1) is 10.5. The van der Waals surface area contributed by atoms with E-state index in [1.165, 1.54) is 6.42 Å². The van der Waals surface area contributed by atoms with Gasteiger partial charge in [0.2, 0.25) is 0 Å². The summed E-state index contributed by atoms with van der Waals surface area (Å²) in [4.78, 5) is 6.71. The maximum Gasteiger partial charge on any atom is 0.128 e. The third-order valence-corrected chi connectivity index (χ3v) is 4.32. The van der Waals surface area contributed by atoms with Crippen LogP contribution in [0.25, 0.3) is 0 Å². The molecule has 0 aromatic carbocycles. The van der Waals surface area contributed by atoms with Crippen LogP contribution in [0.1, 0.15) is 12.8 Å². The second kappa shape index (κ2) is 4.00. The molecule has 1 aromatic rings. The van der Waals surface area contributed by atoms with Crippen LogP contribution in [0.4, 0.5) is 5.82 Å². The molecule has 0 radical (unpaired) electrons. The Hall–Kier alpha value is -0.610. The van der Waals surface area contributed by atoms with E-state index in [4.69, 9.17) is 0 Å². The molecule has 0 spiro atoms. The highest BCUT2D eigenvalue weighted by Crippen LogP contribution is 2.39. The summed E-state index contributed by atoms with van der Waals surface area (Å²) in [5.41, 5.74) is 0. The fourth-order valence-corrected chi connectivity index (χ4v) is 3.21. The van der Waals surface area contributed by atoms with Gasteiger partial charge < -0.3 is 10.0 Å². The summed E-state index contributed by atoms with van der Waals surface area (Å²) in [5, 5.41) is 9.85. The number of hydrogen-bond acceptors (Lipinski definition) is 3. The van der Waals surface area contributed by atoms with Crippen molar-refractivity contribution in [3.05, 3.63) is 22.8 Å². The van der Waals surface area contributed by atoms with E-state index in [0.29, 0.717) is 11.8 Å². The van der Waals surface area contributed by atoms with Crippen LogP contribution in [0.5, 0.6) is 0 Å². The van der Waals surface area contributed by atoms with Crippen molar-refractivity contribution >= 4 is 21.7 Å². The number of nitrogens with zero attached hydrogens (tertiary/aromatic N) is 2. The Bertz CT molecular complexity index is 381. The minimum atomic E-state index is -0.0922. The number of halogens is 1. The van der Waals surface area contributed by atoms with Crippen LogP contribution in [0.2, 0.25) is 0 Å². The quantitative estimate of drug-likeness (QED) is 0.857. The molecule has 86 valence electrons. The van der Waals surface area contributed by atoms with Crippen molar-refractivity contribution in [2.24, 2.45) is 11.8 Å². The predicted molar refractivity (Wildman–Crippen MR) is 66.4 cm³/mol. The maximum absolute atomic E-state index is 9.85. The number of aliphatic hydroxyl groups excluding tert-OH is 1. The third kappa shape index (κ3) is 1.74. The summed E-state index contributed by atoms with van der Waals surface area (Å²) >= 11 is 3.39. The van der Waals surface area contributed by atoms with Crippen LogP contribution in [0.15, 0.2) is 22.8 Å². The summed E-state index contributed by atoms with van der Waals surface area (Å²) in [5.74, 6) is 2.16. The van der Waals surface area contributed by atoms with E-state index in [1.54, 1.807) is 0 Å². The van der Waals surface area contributed by atoms with Gasteiger partial charge in [0.25, 0.3) is 0 Å². The summed E-state index contributed by atoms with van der Waals surface area (Å²) in [6, 6.07) is 4.06. The van der Waals surface area contributed by atoms with Crippen LogP contribution < -0.4 is 4.90 Å². The molecule has 1 N–H and O–H groups in total. The van der Waals surface area contributed by atoms with Gasteiger partial charge in [0.05, 0.1) is 6.10 Å². The van der Waals surface area contributed by atoms with Crippen molar-refractivity contribution in [2.45, 2.75) is 18.9 Å². The van der Waals surface area contributed by atoms with E-state index in [-0.39, 0.29) is 6.10 Å². The van der Waals surface area contributed by atoms with Crippen molar-refractivity contribution in [1.29, 1.82) is 0 Å². The van der Waals surface area contributed by atoms with Crippen molar-refractivity contribution in [3.8, 4) is 0 Å². The van der Waals surface area contributed by atoms with Gasteiger partial charge in [0.1, 0.15) is 5.82 Å². The third-order valence-electron chi connectivity index (χ3n) is 3.85. The normalized spacial score (nSPS) is 33.1. The standard InChI is InChI=1S/C12H15BrN2O/c13-9-2-4-12(14-5-9)15-6-8-1-3-11(16)10(8)7-15/h2,4-5,8,10-11,16H,1,3,6-7H2. The van der Waals surface area contributed by atoms with Crippen LogP contribution >= 0.6 is 15.9 Å². The van der Waals surface area contributed by atoms with E-state index >= 15 is 0 Å². The fraction of sp³-hybridized carbons (Fsp3) is 0.583. The summed E-state index contributed by atoms with van der Waals surface area (Å²) < 4.78 is 1.01. The molecule has 16 heavy (non-hydrogen) atoms. The number of fused-ring (bicyclic) bond motifs is 1. The van der Waals surface area contributed by atoms with Crippen LogP contribution in [0, 0.1) is 11.8 Å². The highest BCUT2D eigenvalue weighted by Gasteiger charge is 2.42. The van der Waals surface area contributed by atoms with Crippen LogP contribution in [-0.2, 0) is 0 Å². The molecule has 2 fully saturated rings. The van der Waals surface area contributed by atoms with E-state index in [0.717, 1.165) is 29.8 Å². The van der Waals surface area contributed by atoms with Gasteiger partial charge in [-0.1, -0.05) is 0 Å². The number of anilines is 1. The smallest absolute Gasteiger partial charge is 0.128 e. The zero-order valence-corrected chi connectivity index (χ0v) is 10.6. The van der Waals surface area contributed by atoms with Gasteiger partial charge in [0.15, 0.2) is 0 Å². The van der Waals surface area contributed by atoms with E-state index in [2.05, 4.69) is 25.8 Å². The Kier molecular flexibility index (Phi) is 2.64. The van der Waals surface area contributed by atoms with E-state index in [1.807, 2.05) is 18.3 Å². The first-order valence-corrected chi connectivity index (χ1v) is 6.58. The van der Waals surface area contributed by atoms with Gasteiger partial charge in [-0.3, -0.25) is 0 Å². The molecular formula is C12H15BrN2O. The molecule has 1 saturated heterocycles. The summed E-state index contributed by atoms with van der Waals surface area (Å²) in [7, 11) is 0. The molecule has 4 heteroatoms. The zero-order valence-electron chi connectivity index (χ0n) is 9.01. The molecule has 1 saturated carbocycles. The highest BCUT2D eigenvalue weighted by atomic mass is 79.9. The summed E-state index contributed by atoms with van der Waals surface area (Å²) in [6.07, 6.45) is 3.89. The van der Waals surface area contributed by atoms with E-state index in [9.17, 15) is 5.11 Å². The number of aliphatic hydroxyl groups is 1. The zero-order chi connectivity index (χ0) is 11.1. The maximum atomic E-state index is 9.85. The molecule has 3 nitrogen and oxygen atoms in total. The molecule has 2 aliphatic rings. The molecule has 2 heterocycles. The van der Waals surface area contributed by atoms with Crippen molar-refractivity contribution < 1.29 is 5.11 Å². The topological polar surface area (TPSA) is 36.4 Å². The Morgan fingerprint density at radius 1 is 1.31 bits per heavy atom. The first-order chi connectivity index (χ1) is 7.74. The Morgan fingerprint density at radius 3 is 2.88 bits per heavy atom. The lowest BCUT2D eigenvalue weighted by Gasteiger charge is -2.19. The molecule has 1 aliphatic carbocycles. The molecule has 3 rings (SSSR count). The lowest BCUT2D eigenvalue weighted by atomic mass is 10.00. The predicted octanol–water partition coefficient (Wildman–Crippen LogP) is 2.05. The highest BCUT2D eigenvalue weighted by molar-refractivity contribution is 9.10. The summed E-state index contributed by atoms with van der Waals surface area (Å²) in [6.45, 7) is 2.01. The first-order valence-electron chi connectivity index (χ1n) is 5.78. The van der Waals surface area contributed by atoms with E-state index < -0.39 is 0 Å².